The molecular formula is C14H21N. The van der Waals surface area contributed by atoms with Gasteiger partial charge in [0.15, 0.2) is 0 Å². The molecule has 1 fully saturated rings. The van der Waals surface area contributed by atoms with Crippen LogP contribution in [0.4, 0.5) is 0 Å². The molecule has 0 radical (unpaired) electrons. The van der Waals surface area contributed by atoms with Gasteiger partial charge in [0.05, 0.1) is 0 Å². The monoisotopic (exact) mass is 203 g/mol. The van der Waals surface area contributed by atoms with Crippen LogP contribution in [-0.2, 0) is 6.42 Å². The molecule has 1 aromatic carbocycles. The van der Waals surface area contributed by atoms with Gasteiger partial charge in [0, 0.05) is 12.1 Å². The maximum Gasteiger partial charge on any atom is 0.00817 e. The van der Waals surface area contributed by atoms with Crippen molar-refractivity contribution in [2.75, 3.05) is 0 Å². The van der Waals surface area contributed by atoms with Gasteiger partial charge in [0.1, 0.15) is 0 Å². The second-order valence-corrected chi connectivity index (χ2v) is 4.74. The van der Waals surface area contributed by atoms with Crippen molar-refractivity contribution < 1.29 is 0 Å². The Morgan fingerprint density at radius 3 is 2.53 bits per heavy atom. The highest BCUT2D eigenvalue weighted by Gasteiger charge is 2.16. The lowest BCUT2D eigenvalue weighted by Crippen LogP contribution is -2.35. The molecule has 0 heterocycles. The van der Waals surface area contributed by atoms with Gasteiger partial charge in [0.25, 0.3) is 0 Å². The van der Waals surface area contributed by atoms with E-state index in [1.807, 2.05) is 0 Å². The molecule has 0 spiro atoms. The summed E-state index contributed by atoms with van der Waals surface area (Å²) in [6.07, 6.45) is 6.72. The molecule has 1 N–H and O–H groups in total. The summed E-state index contributed by atoms with van der Waals surface area (Å²) in [6, 6.07) is 12.1. The lowest BCUT2D eigenvalue weighted by Gasteiger charge is -2.19. The first-order valence-corrected chi connectivity index (χ1v) is 6.14. The summed E-state index contributed by atoms with van der Waals surface area (Å²) < 4.78 is 0. The van der Waals surface area contributed by atoms with E-state index >= 15 is 0 Å². The third-order valence-corrected chi connectivity index (χ3v) is 3.26. The van der Waals surface area contributed by atoms with E-state index in [-0.39, 0.29) is 0 Å². The lowest BCUT2D eigenvalue weighted by atomic mass is 10.1. The molecular weight excluding hydrogens is 182 g/mol. The molecule has 0 bridgehead atoms. The van der Waals surface area contributed by atoms with Crippen molar-refractivity contribution >= 4 is 0 Å². The smallest absolute Gasteiger partial charge is 0.00817 e. The molecule has 0 amide bonds. The van der Waals surface area contributed by atoms with Crippen molar-refractivity contribution in [1.29, 1.82) is 0 Å². The Hall–Kier alpha value is -0.820. The van der Waals surface area contributed by atoms with Crippen LogP contribution >= 0.6 is 0 Å². The molecule has 0 aliphatic heterocycles. The molecule has 15 heavy (non-hydrogen) atoms. The zero-order valence-corrected chi connectivity index (χ0v) is 9.58. The van der Waals surface area contributed by atoms with E-state index in [1.54, 1.807) is 0 Å². The molecule has 0 saturated heterocycles. The number of rotatable bonds is 4. The summed E-state index contributed by atoms with van der Waals surface area (Å²) in [6.45, 7) is 2.30. The molecule has 82 valence electrons. The highest BCUT2D eigenvalue weighted by atomic mass is 14.9. The van der Waals surface area contributed by atoms with Gasteiger partial charge in [-0.2, -0.15) is 0 Å². The fraction of sp³-hybridized carbons (Fsp3) is 0.571. The summed E-state index contributed by atoms with van der Waals surface area (Å²) >= 11 is 0. The molecule has 1 unspecified atom stereocenters. The summed E-state index contributed by atoms with van der Waals surface area (Å²) in [4.78, 5) is 0. The zero-order chi connectivity index (χ0) is 10.5. The topological polar surface area (TPSA) is 12.0 Å². The molecule has 1 aliphatic rings. The van der Waals surface area contributed by atoms with Crippen LogP contribution in [0.2, 0.25) is 0 Å². The SMILES string of the molecule is CC(Cc1ccccc1)NC1CCCC1. The standard InChI is InChI=1S/C14H21N/c1-12(15-14-9-5-6-10-14)11-13-7-3-2-4-8-13/h2-4,7-8,12,14-15H,5-6,9-11H2,1H3. The average molecular weight is 203 g/mol. The zero-order valence-electron chi connectivity index (χ0n) is 9.58. The second-order valence-electron chi connectivity index (χ2n) is 4.74. The Labute approximate surface area is 92.9 Å². The number of benzene rings is 1. The van der Waals surface area contributed by atoms with Gasteiger partial charge in [0.2, 0.25) is 0 Å². The van der Waals surface area contributed by atoms with E-state index in [0.717, 1.165) is 12.5 Å². The van der Waals surface area contributed by atoms with Crippen molar-refractivity contribution in [3.05, 3.63) is 35.9 Å². The van der Waals surface area contributed by atoms with Crippen LogP contribution < -0.4 is 5.32 Å². The maximum absolute atomic E-state index is 3.73. The van der Waals surface area contributed by atoms with Crippen LogP contribution in [0.5, 0.6) is 0 Å². The Balaban J connectivity index is 1.79. The van der Waals surface area contributed by atoms with E-state index in [9.17, 15) is 0 Å². The van der Waals surface area contributed by atoms with Gasteiger partial charge in [-0.1, -0.05) is 43.2 Å². The average Bonchev–Trinajstić information content (AvgIpc) is 2.71. The molecule has 1 nitrogen and oxygen atoms in total. The minimum Gasteiger partial charge on any atom is -0.311 e. The molecule has 1 heteroatoms. The quantitative estimate of drug-likeness (QED) is 0.792. The van der Waals surface area contributed by atoms with Crippen molar-refractivity contribution in [2.24, 2.45) is 0 Å². The Kier molecular flexibility index (Phi) is 3.79. The fourth-order valence-electron chi connectivity index (χ4n) is 2.52. The van der Waals surface area contributed by atoms with Crippen molar-refractivity contribution in [3.63, 3.8) is 0 Å². The molecule has 1 saturated carbocycles. The van der Waals surface area contributed by atoms with Gasteiger partial charge in [-0.3, -0.25) is 0 Å². The summed E-state index contributed by atoms with van der Waals surface area (Å²) in [7, 11) is 0. The normalized spacial score (nSPS) is 19.3. The highest BCUT2D eigenvalue weighted by molar-refractivity contribution is 5.15. The van der Waals surface area contributed by atoms with Crippen LogP contribution in [0.1, 0.15) is 38.2 Å². The summed E-state index contributed by atoms with van der Waals surface area (Å²) in [5.41, 5.74) is 1.44. The number of hydrogen-bond donors (Lipinski definition) is 1. The van der Waals surface area contributed by atoms with Crippen LogP contribution in [0.3, 0.4) is 0 Å². The number of nitrogens with one attached hydrogen (secondary N) is 1. The predicted molar refractivity (Wildman–Crippen MR) is 65.0 cm³/mol. The Bertz CT molecular complexity index is 275. The Morgan fingerprint density at radius 1 is 1.20 bits per heavy atom. The lowest BCUT2D eigenvalue weighted by molar-refractivity contribution is 0.448. The second kappa shape index (κ2) is 5.32. The van der Waals surface area contributed by atoms with E-state index in [4.69, 9.17) is 0 Å². The molecule has 2 rings (SSSR count). The Morgan fingerprint density at radius 2 is 1.87 bits per heavy atom. The largest absolute Gasteiger partial charge is 0.311 e. The van der Waals surface area contributed by atoms with Gasteiger partial charge in [-0.05, 0) is 31.7 Å². The predicted octanol–water partition coefficient (Wildman–Crippen LogP) is 3.15. The molecule has 1 aliphatic carbocycles. The molecule has 1 aromatic rings. The van der Waals surface area contributed by atoms with Crippen LogP contribution in [0.25, 0.3) is 0 Å². The van der Waals surface area contributed by atoms with Gasteiger partial charge < -0.3 is 5.32 Å². The minimum atomic E-state index is 0.607. The van der Waals surface area contributed by atoms with E-state index in [1.165, 1.54) is 31.2 Å². The van der Waals surface area contributed by atoms with E-state index in [0.29, 0.717) is 6.04 Å². The highest BCUT2D eigenvalue weighted by Crippen LogP contribution is 2.18. The van der Waals surface area contributed by atoms with Crippen LogP contribution in [0.15, 0.2) is 30.3 Å². The van der Waals surface area contributed by atoms with Crippen molar-refractivity contribution in [3.8, 4) is 0 Å². The van der Waals surface area contributed by atoms with Crippen molar-refractivity contribution in [1.82, 2.24) is 5.32 Å². The third kappa shape index (κ3) is 3.35. The van der Waals surface area contributed by atoms with E-state index < -0.39 is 0 Å². The number of hydrogen-bond acceptors (Lipinski definition) is 1. The summed E-state index contributed by atoms with van der Waals surface area (Å²) in [5.74, 6) is 0. The summed E-state index contributed by atoms with van der Waals surface area (Å²) in [5, 5.41) is 3.73. The van der Waals surface area contributed by atoms with E-state index in [2.05, 4.69) is 42.6 Å². The van der Waals surface area contributed by atoms with Gasteiger partial charge in [-0.15, -0.1) is 0 Å². The fourth-order valence-corrected chi connectivity index (χ4v) is 2.52. The third-order valence-electron chi connectivity index (χ3n) is 3.26. The van der Waals surface area contributed by atoms with Crippen LogP contribution in [-0.4, -0.2) is 12.1 Å². The van der Waals surface area contributed by atoms with Crippen molar-refractivity contribution in [2.45, 2.75) is 51.1 Å². The van der Waals surface area contributed by atoms with Gasteiger partial charge >= 0.3 is 0 Å². The van der Waals surface area contributed by atoms with Crippen LogP contribution in [0, 0.1) is 0 Å². The van der Waals surface area contributed by atoms with Gasteiger partial charge in [-0.25, -0.2) is 0 Å². The molecule has 1 atom stereocenters. The minimum absolute atomic E-state index is 0.607. The maximum atomic E-state index is 3.73. The first-order valence-electron chi connectivity index (χ1n) is 6.14. The first-order chi connectivity index (χ1) is 7.34. The molecule has 0 aromatic heterocycles. The first kappa shape index (κ1) is 10.7.